The average molecular weight is 411 g/mol. The number of hydrogen-bond acceptors (Lipinski definition) is 7. The molecule has 8 nitrogen and oxygen atoms in total. The molecule has 1 atom stereocenters. The van der Waals surface area contributed by atoms with Gasteiger partial charge in [-0.25, -0.2) is 4.79 Å². The van der Waals surface area contributed by atoms with Gasteiger partial charge in [0.2, 0.25) is 0 Å². The van der Waals surface area contributed by atoms with E-state index in [1.54, 1.807) is 4.90 Å². The molecule has 9 heteroatoms. The number of halogens is 1. The molecule has 2 N–H and O–H groups in total. The second kappa shape index (κ2) is 11.0. The molecule has 0 radical (unpaired) electrons. The maximum absolute atomic E-state index is 12.2. The highest BCUT2D eigenvalue weighted by molar-refractivity contribution is 5.85. The smallest absolute Gasteiger partial charge is 0.410 e. The zero-order chi connectivity index (χ0) is 19.1. The first-order chi connectivity index (χ1) is 13.1. The first kappa shape index (κ1) is 22.1. The molecule has 2 aromatic rings. The van der Waals surface area contributed by atoms with Crippen LogP contribution in [0, 0.1) is 0 Å². The molecular weight excluding hydrogens is 384 g/mol. The SMILES string of the molecule is C[C@H](N)COCc1nc(C2CCN(C(=O)OCc3ccccc3)CC2)no1.Cl. The minimum atomic E-state index is -0.282. The number of likely N-dealkylation sites (tertiary alicyclic amines) is 1. The lowest BCUT2D eigenvalue weighted by Gasteiger charge is -2.29. The summed E-state index contributed by atoms with van der Waals surface area (Å²) in [7, 11) is 0. The molecule has 0 unspecified atom stereocenters. The van der Waals surface area contributed by atoms with Crippen LogP contribution in [0.15, 0.2) is 34.9 Å². The van der Waals surface area contributed by atoms with Crippen LogP contribution in [-0.2, 0) is 22.7 Å². The van der Waals surface area contributed by atoms with Crippen LogP contribution in [0.25, 0.3) is 0 Å². The molecule has 3 rings (SSSR count). The Bertz CT molecular complexity index is 718. The number of carbonyl (C=O) groups is 1. The molecule has 28 heavy (non-hydrogen) atoms. The highest BCUT2D eigenvalue weighted by atomic mass is 35.5. The largest absolute Gasteiger partial charge is 0.445 e. The zero-order valence-electron chi connectivity index (χ0n) is 16.0. The molecule has 1 saturated heterocycles. The van der Waals surface area contributed by atoms with E-state index in [0.29, 0.717) is 31.4 Å². The van der Waals surface area contributed by atoms with E-state index in [9.17, 15) is 4.79 Å². The third-order valence-electron chi connectivity index (χ3n) is 4.41. The van der Waals surface area contributed by atoms with Gasteiger partial charge in [-0.1, -0.05) is 35.5 Å². The quantitative estimate of drug-likeness (QED) is 0.748. The summed E-state index contributed by atoms with van der Waals surface area (Å²) >= 11 is 0. The van der Waals surface area contributed by atoms with Crippen LogP contribution < -0.4 is 5.73 Å². The van der Waals surface area contributed by atoms with Crippen molar-refractivity contribution in [2.75, 3.05) is 19.7 Å². The lowest BCUT2D eigenvalue weighted by Crippen LogP contribution is -2.38. The van der Waals surface area contributed by atoms with E-state index in [1.807, 2.05) is 37.3 Å². The number of benzene rings is 1. The van der Waals surface area contributed by atoms with Crippen molar-refractivity contribution in [3.63, 3.8) is 0 Å². The maximum Gasteiger partial charge on any atom is 0.410 e. The molecule has 1 amide bonds. The van der Waals surface area contributed by atoms with E-state index in [4.69, 9.17) is 19.7 Å². The molecule has 0 spiro atoms. The normalized spacial score (nSPS) is 15.7. The lowest BCUT2D eigenvalue weighted by molar-refractivity contribution is 0.0864. The van der Waals surface area contributed by atoms with Crippen molar-refractivity contribution in [1.82, 2.24) is 15.0 Å². The predicted octanol–water partition coefficient (Wildman–Crippen LogP) is 2.87. The Morgan fingerprint density at radius 1 is 1.29 bits per heavy atom. The van der Waals surface area contributed by atoms with Crippen LogP contribution in [0.5, 0.6) is 0 Å². The lowest BCUT2D eigenvalue weighted by atomic mass is 9.96. The standard InChI is InChI=1S/C19H26N4O4.ClH/c1-14(20)11-25-13-17-21-18(22-27-17)16-7-9-23(10-8-16)19(24)26-12-15-5-3-2-4-6-15;/h2-6,14,16H,7-13,20H2,1H3;1H/t14-;/m0./s1. The van der Waals surface area contributed by atoms with Crippen LogP contribution >= 0.6 is 12.4 Å². The molecule has 1 aromatic carbocycles. The van der Waals surface area contributed by atoms with Crippen molar-refractivity contribution >= 4 is 18.5 Å². The number of amides is 1. The molecule has 0 aliphatic carbocycles. The van der Waals surface area contributed by atoms with Crippen molar-refractivity contribution in [2.45, 2.75) is 44.9 Å². The Morgan fingerprint density at radius 3 is 2.68 bits per heavy atom. The highest BCUT2D eigenvalue weighted by Gasteiger charge is 2.27. The second-order valence-electron chi connectivity index (χ2n) is 6.84. The second-order valence-corrected chi connectivity index (χ2v) is 6.84. The number of hydrogen-bond donors (Lipinski definition) is 1. The average Bonchev–Trinajstić information content (AvgIpc) is 3.16. The van der Waals surface area contributed by atoms with E-state index in [-0.39, 0.29) is 43.7 Å². The first-order valence-electron chi connectivity index (χ1n) is 9.23. The van der Waals surface area contributed by atoms with Gasteiger partial charge in [-0.2, -0.15) is 4.98 Å². The number of rotatable bonds is 7. The minimum Gasteiger partial charge on any atom is -0.445 e. The van der Waals surface area contributed by atoms with E-state index in [1.165, 1.54) is 0 Å². The van der Waals surface area contributed by atoms with Crippen molar-refractivity contribution in [3.05, 3.63) is 47.6 Å². The number of nitrogens with zero attached hydrogens (tertiary/aromatic N) is 3. The van der Waals surface area contributed by atoms with E-state index >= 15 is 0 Å². The van der Waals surface area contributed by atoms with Crippen LogP contribution in [0.4, 0.5) is 4.79 Å². The molecule has 1 aliphatic rings. The molecule has 1 aromatic heterocycles. The summed E-state index contributed by atoms with van der Waals surface area (Å²) in [6.07, 6.45) is 1.27. The van der Waals surface area contributed by atoms with Gasteiger partial charge in [0, 0.05) is 25.0 Å². The van der Waals surface area contributed by atoms with Gasteiger partial charge in [0.25, 0.3) is 5.89 Å². The minimum absolute atomic E-state index is 0. The first-order valence-corrected chi connectivity index (χ1v) is 9.23. The monoisotopic (exact) mass is 410 g/mol. The molecule has 1 fully saturated rings. The number of piperidine rings is 1. The van der Waals surface area contributed by atoms with Gasteiger partial charge in [-0.15, -0.1) is 12.4 Å². The number of aromatic nitrogens is 2. The fourth-order valence-electron chi connectivity index (χ4n) is 2.96. The topological polar surface area (TPSA) is 104 Å². The van der Waals surface area contributed by atoms with Gasteiger partial charge in [0.1, 0.15) is 13.2 Å². The fraction of sp³-hybridized carbons (Fsp3) is 0.526. The Labute approximate surface area is 170 Å². The Hall–Kier alpha value is -2.16. The zero-order valence-corrected chi connectivity index (χ0v) is 16.8. The molecule has 0 bridgehead atoms. The van der Waals surface area contributed by atoms with Crippen LogP contribution in [0.2, 0.25) is 0 Å². The van der Waals surface area contributed by atoms with Crippen LogP contribution in [-0.4, -0.2) is 46.9 Å². The summed E-state index contributed by atoms with van der Waals surface area (Å²) in [5, 5.41) is 4.05. The van der Waals surface area contributed by atoms with Gasteiger partial charge < -0.3 is 24.6 Å². The Morgan fingerprint density at radius 2 is 2.00 bits per heavy atom. The van der Waals surface area contributed by atoms with E-state index in [0.717, 1.165) is 18.4 Å². The van der Waals surface area contributed by atoms with Crippen molar-refractivity contribution < 1.29 is 18.8 Å². The molecule has 2 heterocycles. The summed E-state index contributed by atoms with van der Waals surface area (Å²) in [5.74, 6) is 1.30. The molecular formula is C19H27ClN4O4. The third kappa shape index (κ3) is 6.47. The number of nitrogens with two attached hydrogens (primary N) is 1. The van der Waals surface area contributed by atoms with Gasteiger partial charge >= 0.3 is 6.09 Å². The Kier molecular flexibility index (Phi) is 8.69. The van der Waals surface area contributed by atoms with Crippen molar-refractivity contribution in [1.29, 1.82) is 0 Å². The summed E-state index contributed by atoms with van der Waals surface area (Å²) in [4.78, 5) is 18.3. The summed E-state index contributed by atoms with van der Waals surface area (Å²) < 4.78 is 16.0. The predicted molar refractivity (Wildman–Crippen MR) is 105 cm³/mol. The van der Waals surface area contributed by atoms with E-state index in [2.05, 4.69) is 10.1 Å². The molecule has 1 aliphatic heterocycles. The van der Waals surface area contributed by atoms with Crippen molar-refractivity contribution in [3.8, 4) is 0 Å². The Balaban J connectivity index is 0.00000280. The highest BCUT2D eigenvalue weighted by Crippen LogP contribution is 2.26. The summed E-state index contributed by atoms with van der Waals surface area (Å²) in [6, 6.07) is 9.63. The van der Waals surface area contributed by atoms with Gasteiger partial charge in [-0.05, 0) is 25.3 Å². The number of ether oxygens (including phenoxy) is 2. The molecule has 0 saturated carbocycles. The fourth-order valence-corrected chi connectivity index (χ4v) is 2.96. The molecule has 154 valence electrons. The van der Waals surface area contributed by atoms with E-state index < -0.39 is 0 Å². The van der Waals surface area contributed by atoms with Gasteiger partial charge in [0.05, 0.1) is 6.61 Å². The van der Waals surface area contributed by atoms with Crippen LogP contribution in [0.3, 0.4) is 0 Å². The van der Waals surface area contributed by atoms with Gasteiger partial charge in [-0.3, -0.25) is 0 Å². The summed E-state index contributed by atoms with van der Waals surface area (Å²) in [5.41, 5.74) is 6.61. The third-order valence-corrected chi connectivity index (χ3v) is 4.41. The summed E-state index contributed by atoms with van der Waals surface area (Å²) in [6.45, 7) is 4.10. The number of carbonyl (C=O) groups excluding carboxylic acids is 1. The van der Waals surface area contributed by atoms with Gasteiger partial charge in [0.15, 0.2) is 5.82 Å². The van der Waals surface area contributed by atoms with Crippen molar-refractivity contribution in [2.24, 2.45) is 5.73 Å². The van der Waals surface area contributed by atoms with Crippen LogP contribution in [0.1, 0.15) is 43.0 Å². The maximum atomic E-state index is 12.2.